The molecule has 0 fully saturated rings. The number of hydrogen-bond acceptors (Lipinski definition) is 4. The Hall–Kier alpha value is -2.54. The average Bonchev–Trinajstić information content (AvgIpc) is 2.55. The highest BCUT2D eigenvalue weighted by Gasteiger charge is 2.14. The molecule has 23 heavy (non-hydrogen) atoms. The van der Waals surface area contributed by atoms with Gasteiger partial charge in [0.05, 0.1) is 0 Å². The lowest BCUT2D eigenvalue weighted by molar-refractivity contribution is -0.129. The third-order valence-electron chi connectivity index (χ3n) is 3.09. The Morgan fingerprint density at radius 3 is 2.87 bits per heavy atom. The lowest BCUT2D eigenvalue weighted by Gasteiger charge is -2.12. The molecule has 0 radical (unpaired) electrons. The molecule has 1 heterocycles. The third-order valence-corrected chi connectivity index (χ3v) is 3.09. The molecule has 0 saturated heterocycles. The van der Waals surface area contributed by atoms with E-state index in [4.69, 9.17) is 4.74 Å². The predicted octanol–water partition coefficient (Wildman–Crippen LogP) is 2.54. The number of aliphatic hydroxyl groups is 1. The van der Waals surface area contributed by atoms with Gasteiger partial charge in [0, 0.05) is 24.4 Å². The van der Waals surface area contributed by atoms with E-state index in [0.717, 1.165) is 12.1 Å². The third kappa shape index (κ3) is 4.46. The molecular formula is C16H16F2N2O3. The van der Waals surface area contributed by atoms with Gasteiger partial charge in [0.1, 0.15) is 11.9 Å². The zero-order chi connectivity index (χ0) is 16.8. The SMILES string of the molecule is CCC(O)C(=O)NCc1cccnc1Oc1ccc(F)cc1F. The van der Waals surface area contributed by atoms with Crippen molar-refractivity contribution in [3.05, 3.63) is 53.7 Å². The summed E-state index contributed by atoms with van der Waals surface area (Å²) in [5.41, 5.74) is 0.493. The summed E-state index contributed by atoms with van der Waals surface area (Å²) in [5.74, 6) is -2.17. The highest BCUT2D eigenvalue weighted by atomic mass is 19.1. The molecule has 2 rings (SSSR count). The number of aromatic nitrogens is 1. The van der Waals surface area contributed by atoms with Gasteiger partial charge in [-0.05, 0) is 24.6 Å². The van der Waals surface area contributed by atoms with Gasteiger partial charge in [0.15, 0.2) is 11.6 Å². The van der Waals surface area contributed by atoms with Gasteiger partial charge in [-0.15, -0.1) is 0 Å². The first kappa shape index (κ1) is 16.8. The largest absolute Gasteiger partial charge is 0.436 e. The first-order valence-electron chi connectivity index (χ1n) is 7.03. The van der Waals surface area contributed by atoms with E-state index in [0.29, 0.717) is 18.1 Å². The van der Waals surface area contributed by atoms with Crippen LogP contribution in [0, 0.1) is 11.6 Å². The summed E-state index contributed by atoms with van der Waals surface area (Å²) in [7, 11) is 0. The molecule has 0 aliphatic heterocycles. The van der Waals surface area contributed by atoms with Crippen molar-refractivity contribution in [3.8, 4) is 11.6 Å². The van der Waals surface area contributed by atoms with Gasteiger partial charge >= 0.3 is 0 Å². The van der Waals surface area contributed by atoms with Crippen LogP contribution >= 0.6 is 0 Å². The number of pyridine rings is 1. The Morgan fingerprint density at radius 2 is 2.17 bits per heavy atom. The van der Waals surface area contributed by atoms with Crippen molar-refractivity contribution in [2.75, 3.05) is 0 Å². The zero-order valence-corrected chi connectivity index (χ0v) is 12.4. The fourth-order valence-corrected chi connectivity index (χ4v) is 1.80. The topological polar surface area (TPSA) is 71.5 Å². The number of nitrogens with zero attached hydrogens (tertiary/aromatic N) is 1. The Kier molecular flexibility index (Phi) is 5.59. The van der Waals surface area contributed by atoms with Crippen molar-refractivity contribution in [1.82, 2.24) is 10.3 Å². The number of carbonyl (C=O) groups is 1. The summed E-state index contributed by atoms with van der Waals surface area (Å²) in [5, 5.41) is 12.0. The summed E-state index contributed by atoms with van der Waals surface area (Å²) in [6.07, 6.45) is 0.650. The molecule has 7 heteroatoms. The standard InChI is InChI=1S/C16H16F2N2O3/c1-2-13(21)15(22)20-9-10-4-3-7-19-16(10)23-14-6-5-11(17)8-12(14)18/h3-8,13,21H,2,9H2,1H3,(H,20,22). The maximum absolute atomic E-state index is 13.6. The normalized spacial score (nSPS) is 11.8. The van der Waals surface area contributed by atoms with Crippen molar-refractivity contribution < 1.29 is 23.4 Å². The molecule has 2 N–H and O–H groups in total. The van der Waals surface area contributed by atoms with E-state index in [-0.39, 0.29) is 18.2 Å². The Balaban J connectivity index is 2.12. The van der Waals surface area contributed by atoms with Gasteiger partial charge in [-0.1, -0.05) is 13.0 Å². The van der Waals surface area contributed by atoms with Crippen molar-refractivity contribution >= 4 is 5.91 Å². The van der Waals surface area contributed by atoms with Crippen molar-refractivity contribution in [2.45, 2.75) is 26.0 Å². The molecule has 0 aliphatic carbocycles. The van der Waals surface area contributed by atoms with Crippen LogP contribution < -0.4 is 10.1 Å². The second-order valence-electron chi connectivity index (χ2n) is 4.79. The Morgan fingerprint density at radius 1 is 1.39 bits per heavy atom. The molecule has 1 amide bonds. The highest BCUT2D eigenvalue weighted by Crippen LogP contribution is 2.25. The Bertz CT molecular complexity index is 695. The molecule has 0 spiro atoms. The maximum Gasteiger partial charge on any atom is 0.249 e. The molecule has 5 nitrogen and oxygen atoms in total. The molecule has 1 atom stereocenters. The Labute approximate surface area is 131 Å². The number of rotatable bonds is 6. The molecule has 1 aromatic heterocycles. The number of ether oxygens (including phenoxy) is 1. The fourth-order valence-electron chi connectivity index (χ4n) is 1.80. The summed E-state index contributed by atoms with van der Waals surface area (Å²) in [4.78, 5) is 15.6. The van der Waals surface area contributed by atoms with Crippen LogP contribution in [-0.2, 0) is 11.3 Å². The number of carbonyl (C=O) groups excluding carboxylic acids is 1. The smallest absolute Gasteiger partial charge is 0.249 e. The van der Waals surface area contributed by atoms with E-state index in [1.165, 1.54) is 6.20 Å². The summed E-state index contributed by atoms with van der Waals surface area (Å²) in [6.45, 7) is 1.74. The predicted molar refractivity (Wildman–Crippen MR) is 78.8 cm³/mol. The van der Waals surface area contributed by atoms with Crippen LogP contribution in [0.2, 0.25) is 0 Å². The minimum absolute atomic E-state index is 0.0574. The van der Waals surface area contributed by atoms with E-state index in [9.17, 15) is 18.7 Å². The van der Waals surface area contributed by atoms with Gasteiger partial charge in [-0.25, -0.2) is 13.8 Å². The first-order valence-corrected chi connectivity index (χ1v) is 7.03. The number of benzene rings is 1. The van der Waals surface area contributed by atoms with Gasteiger partial charge in [0.25, 0.3) is 0 Å². The van der Waals surface area contributed by atoms with Crippen molar-refractivity contribution in [2.24, 2.45) is 0 Å². The van der Waals surface area contributed by atoms with Gasteiger partial charge in [0.2, 0.25) is 11.8 Å². The van der Waals surface area contributed by atoms with Gasteiger partial charge < -0.3 is 15.2 Å². The molecule has 122 valence electrons. The van der Waals surface area contributed by atoms with Crippen molar-refractivity contribution in [1.29, 1.82) is 0 Å². The second kappa shape index (κ2) is 7.64. The van der Waals surface area contributed by atoms with Crippen LogP contribution in [0.1, 0.15) is 18.9 Å². The number of nitrogens with one attached hydrogen (secondary N) is 1. The minimum atomic E-state index is -1.09. The molecular weight excluding hydrogens is 306 g/mol. The maximum atomic E-state index is 13.6. The number of aliphatic hydroxyl groups excluding tert-OH is 1. The summed E-state index contributed by atoms with van der Waals surface area (Å²) in [6, 6.07) is 6.20. The number of amides is 1. The fraction of sp³-hybridized carbons (Fsp3) is 0.250. The molecule has 0 bridgehead atoms. The van der Waals surface area contributed by atoms with Crippen LogP contribution in [0.4, 0.5) is 8.78 Å². The second-order valence-corrected chi connectivity index (χ2v) is 4.79. The zero-order valence-electron chi connectivity index (χ0n) is 12.4. The lowest BCUT2D eigenvalue weighted by atomic mass is 10.2. The van der Waals surface area contributed by atoms with E-state index >= 15 is 0 Å². The number of halogens is 2. The lowest BCUT2D eigenvalue weighted by Crippen LogP contribution is -2.33. The van der Waals surface area contributed by atoms with Crippen LogP contribution in [-0.4, -0.2) is 22.1 Å². The van der Waals surface area contributed by atoms with Crippen LogP contribution in [0.3, 0.4) is 0 Å². The average molecular weight is 322 g/mol. The summed E-state index contributed by atoms with van der Waals surface area (Å²) < 4.78 is 31.9. The highest BCUT2D eigenvalue weighted by molar-refractivity contribution is 5.80. The van der Waals surface area contributed by atoms with Crippen molar-refractivity contribution in [3.63, 3.8) is 0 Å². The van der Waals surface area contributed by atoms with Crippen LogP contribution in [0.25, 0.3) is 0 Å². The van der Waals surface area contributed by atoms with E-state index in [2.05, 4.69) is 10.3 Å². The van der Waals surface area contributed by atoms with E-state index in [1.54, 1.807) is 19.1 Å². The van der Waals surface area contributed by atoms with Gasteiger partial charge in [-0.3, -0.25) is 4.79 Å². The van der Waals surface area contributed by atoms with Gasteiger partial charge in [-0.2, -0.15) is 0 Å². The van der Waals surface area contributed by atoms with E-state index in [1.807, 2.05) is 0 Å². The monoisotopic (exact) mass is 322 g/mol. The molecule has 1 unspecified atom stereocenters. The molecule has 0 saturated carbocycles. The van der Waals surface area contributed by atoms with E-state index < -0.39 is 23.6 Å². The first-order chi connectivity index (χ1) is 11.0. The molecule has 0 aliphatic rings. The minimum Gasteiger partial charge on any atom is -0.436 e. The quantitative estimate of drug-likeness (QED) is 0.857. The molecule has 2 aromatic rings. The summed E-state index contributed by atoms with van der Waals surface area (Å²) >= 11 is 0. The van der Waals surface area contributed by atoms with Crippen LogP contribution in [0.15, 0.2) is 36.5 Å². The molecule has 1 aromatic carbocycles. The van der Waals surface area contributed by atoms with Crippen LogP contribution in [0.5, 0.6) is 11.6 Å². The number of hydrogen-bond donors (Lipinski definition) is 2.